The molecule has 1 fully saturated rings. The molecule has 5 rings (SSSR count). The molecule has 9 nitrogen and oxygen atoms in total. The summed E-state index contributed by atoms with van der Waals surface area (Å²) in [7, 11) is 0. The van der Waals surface area contributed by atoms with E-state index in [0.717, 1.165) is 51.6 Å². The highest BCUT2D eigenvalue weighted by Crippen LogP contribution is 2.40. The number of ether oxygens (including phenoxy) is 2. The molecule has 1 atom stereocenters. The molecule has 0 aliphatic carbocycles. The summed E-state index contributed by atoms with van der Waals surface area (Å²) in [4.78, 5) is 30.8. The van der Waals surface area contributed by atoms with E-state index in [4.69, 9.17) is 9.47 Å². The zero-order valence-corrected chi connectivity index (χ0v) is 20.6. The molecule has 1 saturated heterocycles. The summed E-state index contributed by atoms with van der Waals surface area (Å²) in [6.45, 7) is 7.32. The fourth-order valence-electron chi connectivity index (χ4n) is 5.11. The zero-order chi connectivity index (χ0) is 25.6. The lowest BCUT2D eigenvalue weighted by atomic mass is 9.88. The quantitative estimate of drug-likeness (QED) is 0.524. The first kappa shape index (κ1) is 23.8. The number of pyridine rings is 1. The van der Waals surface area contributed by atoms with E-state index in [1.165, 1.54) is 6.20 Å². The molecule has 0 spiro atoms. The van der Waals surface area contributed by atoms with E-state index in [1.807, 2.05) is 26.8 Å². The van der Waals surface area contributed by atoms with Gasteiger partial charge in [0.25, 0.3) is 0 Å². The van der Waals surface area contributed by atoms with Gasteiger partial charge < -0.3 is 19.5 Å². The van der Waals surface area contributed by atoms with E-state index in [2.05, 4.69) is 23.2 Å². The second-order valence-corrected chi connectivity index (χ2v) is 10.2. The van der Waals surface area contributed by atoms with Gasteiger partial charge in [0, 0.05) is 29.9 Å². The van der Waals surface area contributed by atoms with Gasteiger partial charge in [-0.3, -0.25) is 0 Å². The third kappa shape index (κ3) is 4.29. The maximum absolute atomic E-state index is 13.0. The molecule has 1 N–H and O–H groups in total. The molecule has 0 bridgehead atoms. The van der Waals surface area contributed by atoms with Crippen LogP contribution in [0.1, 0.15) is 61.9 Å². The molecule has 2 aliphatic rings. The van der Waals surface area contributed by atoms with E-state index >= 15 is 0 Å². The molecule has 0 saturated carbocycles. The molecule has 1 amide bonds. The van der Waals surface area contributed by atoms with Crippen LogP contribution in [0, 0.1) is 11.3 Å². The Morgan fingerprint density at radius 3 is 2.78 bits per heavy atom. The van der Waals surface area contributed by atoms with Crippen molar-refractivity contribution in [2.24, 2.45) is 0 Å². The number of aromatic nitrogens is 2. The topological polar surface area (TPSA) is 118 Å². The zero-order valence-electron chi connectivity index (χ0n) is 20.6. The van der Waals surface area contributed by atoms with Crippen molar-refractivity contribution in [2.75, 3.05) is 13.2 Å². The molecule has 0 unspecified atom stereocenters. The van der Waals surface area contributed by atoms with Crippen LogP contribution in [-0.4, -0.2) is 50.5 Å². The summed E-state index contributed by atoms with van der Waals surface area (Å²) in [6.07, 6.45) is 3.87. The average Bonchev–Trinajstić information content (AvgIpc) is 3.47. The van der Waals surface area contributed by atoms with Crippen molar-refractivity contribution < 1.29 is 24.2 Å². The van der Waals surface area contributed by atoms with Crippen LogP contribution in [0.3, 0.4) is 0 Å². The predicted octanol–water partition coefficient (Wildman–Crippen LogP) is 5.25. The number of carbonyl (C=O) groups is 2. The maximum atomic E-state index is 13.0. The molecule has 9 heteroatoms. The number of benzene rings is 1. The minimum Gasteiger partial charge on any atom is -0.464 e. The van der Waals surface area contributed by atoms with E-state index in [-0.39, 0.29) is 23.3 Å². The van der Waals surface area contributed by atoms with Crippen LogP contribution in [-0.2, 0) is 22.5 Å². The van der Waals surface area contributed by atoms with Crippen molar-refractivity contribution in [1.29, 1.82) is 5.26 Å². The molecular weight excluding hydrogens is 460 g/mol. The lowest BCUT2D eigenvalue weighted by Crippen LogP contribution is -2.36. The van der Waals surface area contributed by atoms with E-state index in [9.17, 15) is 20.0 Å². The van der Waals surface area contributed by atoms with E-state index < -0.39 is 11.7 Å². The first-order valence-electron chi connectivity index (χ1n) is 12.0. The Labute approximate surface area is 208 Å². The van der Waals surface area contributed by atoms with E-state index in [1.54, 1.807) is 11.1 Å². The molecule has 0 radical (unpaired) electrons. The Kier molecular flexibility index (Phi) is 5.92. The first-order chi connectivity index (χ1) is 17.2. The van der Waals surface area contributed by atoms with Gasteiger partial charge in [0.15, 0.2) is 5.65 Å². The summed E-state index contributed by atoms with van der Waals surface area (Å²) in [5.74, 6) is 0. The fraction of sp³-hybridized carbons (Fsp3) is 0.407. The molecule has 2 aliphatic heterocycles. The number of rotatable bonds is 2. The lowest BCUT2D eigenvalue weighted by molar-refractivity contribution is 0.0221. The molecule has 186 valence electrons. The highest BCUT2D eigenvalue weighted by atomic mass is 16.6. The first-order valence-corrected chi connectivity index (χ1v) is 12.0. The standard InChI is InChI=1S/C27H28N4O5/c1-27(2,3)36-26(34)30-7-4-5-23(30)21-10-17(9-16-6-8-35-15-22(16)21)18-11-20-19(12-28)14-31(25(32)33)24(20)29-13-18/h9-11,13-14,23H,4-8,15H2,1-3H3,(H,32,33)/t23-/m0/s1. The molecular formula is C27H28N4O5. The van der Waals surface area contributed by atoms with Crippen LogP contribution >= 0.6 is 0 Å². The van der Waals surface area contributed by atoms with Crippen LogP contribution in [0.25, 0.3) is 22.2 Å². The van der Waals surface area contributed by atoms with Gasteiger partial charge >= 0.3 is 12.2 Å². The number of amides is 1. The number of carboxylic acid groups (broad SMARTS) is 1. The van der Waals surface area contributed by atoms with Crippen molar-refractivity contribution in [3.05, 3.63) is 52.8 Å². The molecule has 36 heavy (non-hydrogen) atoms. The number of nitrogens with zero attached hydrogens (tertiary/aromatic N) is 4. The van der Waals surface area contributed by atoms with Gasteiger partial charge in [-0.2, -0.15) is 5.26 Å². The number of hydrogen-bond acceptors (Lipinski definition) is 6. The van der Waals surface area contributed by atoms with Crippen molar-refractivity contribution in [3.63, 3.8) is 0 Å². The Bertz CT molecular complexity index is 1410. The third-order valence-corrected chi connectivity index (χ3v) is 6.68. The van der Waals surface area contributed by atoms with Crippen LogP contribution in [0.4, 0.5) is 9.59 Å². The number of carbonyl (C=O) groups excluding carboxylic acids is 1. The molecule has 3 aromatic rings. The highest BCUT2D eigenvalue weighted by molar-refractivity contribution is 5.93. The largest absolute Gasteiger partial charge is 0.464 e. The Morgan fingerprint density at radius 1 is 1.25 bits per heavy atom. The Hall–Kier alpha value is -3.90. The second-order valence-electron chi connectivity index (χ2n) is 10.2. The Balaban J connectivity index is 1.61. The normalized spacial score (nSPS) is 17.6. The molecule has 4 heterocycles. The van der Waals surface area contributed by atoms with Gasteiger partial charge in [-0.1, -0.05) is 6.07 Å². The van der Waals surface area contributed by atoms with Crippen molar-refractivity contribution in [1.82, 2.24) is 14.5 Å². The van der Waals surface area contributed by atoms with Crippen molar-refractivity contribution >= 4 is 23.2 Å². The summed E-state index contributed by atoms with van der Waals surface area (Å²) in [5.41, 5.74) is 4.88. The van der Waals surface area contributed by atoms with Crippen LogP contribution < -0.4 is 0 Å². The number of fused-ring (bicyclic) bond motifs is 2. The van der Waals surface area contributed by atoms with Gasteiger partial charge in [0.05, 0.1) is 24.8 Å². The monoisotopic (exact) mass is 488 g/mol. The van der Waals surface area contributed by atoms with Gasteiger partial charge in [0.2, 0.25) is 0 Å². The maximum Gasteiger partial charge on any atom is 0.417 e. The number of nitriles is 1. The summed E-state index contributed by atoms with van der Waals surface area (Å²) in [6, 6.07) is 7.93. The van der Waals surface area contributed by atoms with Gasteiger partial charge in [-0.05, 0) is 74.4 Å². The van der Waals surface area contributed by atoms with Gasteiger partial charge in [-0.15, -0.1) is 0 Å². The predicted molar refractivity (Wildman–Crippen MR) is 132 cm³/mol. The summed E-state index contributed by atoms with van der Waals surface area (Å²) in [5, 5.41) is 19.5. The number of hydrogen-bond donors (Lipinski definition) is 1. The molecule has 1 aromatic carbocycles. The lowest BCUT2D eigenvalue weighted by Gasteiger charge is -2.31. The minimum absolute atomic E-state index is 0.130. The van der Waals surface area contributed by atoms with Crippen molar-refractivity contribution in [3.8, 4) is 17.2 Å². The minimum atomic E-state index is -1.19. The van der Waals surface area contributed by atoms with Crippen LogP contribution in [0.15, 0.2) is 30.6 Å². The third-order valence-electron chi connectivity index (χ3n) is 6.68. The van der Waals surface area contributed by atoms with E-state index in [0.29, 0.717) is 25.1 Å². The molecule has 2 aromatic heterocycles. The summed E-state index contributed by atoms with van der Waals surface area (Å²) < 4.78 is 12.4. The SMILES string of the molecule is CC(C)(C)OC(=O)N1CCC[C@H]1c1cc(-c2cnc3c(c2)c(C#N)cn3C(=O)O)cc2c1COCC2. The van der Waals surface area contributed by atoms with Gasteiger partial charge in [-0.25, -0.2) is 19.1 Å². The van der Waals surface area contributed by atoms with Gasteiger partial charge in [0.1, 0.15) is 11.7 Å². The Morgan fingerprint density at radius 2 is 2.06 bits per heavy atom. The highest BCUT2D eigenvalue weighted by Gasteiger charge is 2.35. The summed E-state index contributed by atoms with van der Waals surface area (Å²) >= 11 is 0. The smallest absolute Gasteiger partial charge is 0.417 e. The number of likely N-dealkylation sites (tertiary alicyclic amines) is 1. The fourth-order valence-corrected chi connectivity index (χ4v) is 5.11. The van der Waals surface area contributed by atoms with Crippen LogP contribution in [0.5, 0.6) is 0 Å². The average molecular weight is 489 g/mol. The van der Waals surface area contributed by atoms with Crippen molar-refractivity contribution in [2.45, 2.75) is 58.3 Å². The second kappa shape index (κ2) is 8.95. The van der Waals surface area contributed by atoms with Crippen LogP contribution in [0.2, 0.25) is 0 Å².